The Morgan fingerprint density at radius 3 is 2.71 bits per heavy atom. The van der Waals surface area contributed by atoms with Gasteiger partial charge in [-0.25, -0.2) is 0 Å². The van der Waals surface area contributed by atoms with Gasteiger partial charge < -0.3 is 18.9 Å². The van der Waals surface area contributed by atoms with Crippen molar-refractivity contribution in [3.05, 3.63) is 0 Å². The highest BCUT2D eigenvalue weighted by Gasteiger charge is 2.42. The van der Waals surface area contributed by atoms with Crippen molar-refractivity contribution in [3.8, 4) is 0 Å². The van der Waals surface area contributed by atoms with Crippen molar-refractivity contribution in [2.45, 2.75) is 44.0 Å². The number of rotatable bonds is 9. The second-order valence-corrected chi connectivity index (χ2v) is 4.79. The van der Waals surface area contributed by atoms with E-state index in [1.165, 1.54) is 0 Å². The zero-order chi connectivity index (χ0) is 12.7. The smallest absolute Gasteiger partial charge is 0.100 e. The number of ether oxygens (including phenoxy) is 4. The maximum absolute atomic E-state index is 6.10. The number of hydrogen-bond acceptors (Lipinski definition) is 4. The molecule has 102 valence electrons. The molecule has 1 rings (SSSR count). The van der Waals surface area contributed by atoms with Gasteiger partial charge in [0.05, 0.1) is 37.4 Å². The quantitative estimate of drug-likeness (QED) is 0.471. The summed E-state index contributed by atoms with van der Waals surface area (Å²) in [5.74, 6) is 0. The second-order valence-electron chi connectivity index (χ2n) is 4.22. The van der Waals surface area contributed by atoms with Crippen LogP contribution >= 0.6 is 11.6 Å². The summed E-state index contributed by atoms with van der Waals surface area (Å²) < 4.78 is 21.7. The highest BCUT2D eigenvalue weighted by molar-refractivity contribution is 6.21. The lowest BCUT2D eigenvalue weighted by molar-refractivity contribution is -0.158. The van der Waals surface area contributed by atoms with Crippen LogP contribution in [0.5, 0.6) is 0 Å². The third-order valence-corrected chi connectivity index (χ3v) is 3.17. The first-order valence-electron chi connectivity index (χ1n) is 6.16. The number of methoxy groups -OCH3 is 1. The standard InChI is InChI=1S/C12H23ClO4/c1-4-15-8-9(2)17-11-7-10(13)12(11)16-6-5-14-3/h9-12H,4-8H2,1-3H3. The zero-order valence-corrected chi connectivity index (χ0v) is 11.6. The van der Waals surface area contributed by atoms with Gasteiger partial charge in [0.25, 0.3) is 0 Å². The number of alkyl halides is 1. The lowest BCUT2D eigenvalue weighted by Gasteiger charge is -2.41. The normalized spacial score (nSPS) is 30.0. The molecule has 0 aromatic rings. The molecule has 4 atom stereocenters. The predicted octanol–water partition coefficient (Wildman–Crippen LogP) is 1.84. The van der Waals surface area contributed by atoms with Gasteiger partial charge in [-0.2, -0.15) is 0 Å². The van der Waals surface area contributed by atoms with Crippen LogP contribution in [0, 0.1) is 0 Å². The molecule has 0 aliphatic heterocycles. The van der Waals surface area contributed by atoms with Crippen LogP contribution in [0.3, 0.4) is 0 Å². The zero-order valence-electron chi connectivity index (χ0n) is 10.9. The van der Waals surface area contributed by atoms with E-state index in [0.717, 1.165) is 6.42 Å². The van der Waals surface area contributed by atoms with Crippen molar-refractivity contribution in [1.29, 1.82) is 0 Å². The summed E-state index contributed by atoms with van der Waals surface area (Å²) in [5.41, 5.74) is 0. The molecule has 0 heterocycles. The summed E-state index contributed by atoms with van der Waals surface area (Å²) in [4.78, 5) is 0. The molecule has 0 radical (unpaired) electrons. The molecule has 17 heavy (non-hydrogen) atoms. The van der Waals surface area contributed by atoms with E-state index in [9.17, 15) is 0 Å². The minimum Gasteiger partial charge on any atom is -0.382 e. The van der Waals surface area contributed by atoms with E-state index < -0.39 is 0 Å². The minimum atomic E-state index is -0.0177. The van der Waals surface area contributed by atoms with E-state index in [-0.39, 0.29) is 23.7 Å². The van der Waals surface area contributed by atoms with Crippen molar-refractivity contribution in [2.24, 2.45) is 0 Å². The molecule has 1 aliphatic carbocycles. The topological polar surface area (TPSA) is 36.9 Å². The molecule has 1 aliphatic rings. The fourth-order valence-corrected chi connectivity index (χ4v) is 2.17. The van der Waals surface area contributed by atoms with Gasteiger partial charge in [-0.15, -0.1) is 11.6 Å². The van der Waals surface area contributed by atoms with Crippen molar-refractivity contribution < 1.29 is 18.9 Å². The first-order chi connectivity index (χ1) is 8.19. The van der Waals surface area contributed by atoms with E-state index >= 15 is 0 Å². The monoisotopic (exact) mass is 266 g/mol. The molecular formula is C12H23ClO4. The Balaban J connectivity index is 2.19. The minimum absolute atomic E-state index is 0.0177. The molecular weight excluding hydrogens is 244 g/mol. The molecule has 0 spiro atoms. The maximum Gasteiger partial charge on any atom is 0.100 e. The molecule has 4 unspecified atom stereocenters. The first-order valence-corrected chi connectivity index (χ1v) is 6.60. The maximum atomic E-state index is 6.10. The van der Waals surface area contributed by atoms with Gasteiger partial charge in [0.2, 0.25) is 0 Å². The number of halogens is 1. The first kappa shape index (κ1) is 15.2. The van der Waals surface area contributed by atoms with Gasteiger partial charge in [-0.05, 0) is 20.3 Å². The van der Waals surface area contributed by atoms with Crippen LogP contribution in [0.1, 0.15) is 20.3 Å². The molecule has 1 saturated carbocycles. The van der Waals surface area contributed by atoms with Crippen LogP contribution in [0.2, 0.25) is 0 Å². The second kappa shape index (κ2) is 8.27. The van der Waals surface area contributed by atoms with Gasteiger partial charge >= 0.3 is 0 Å². The van der Waals surface area contributed by atoms with Crippen LogP contribution in [0.4, 0.5) is 0 Å². The van der Waals surface area contributed by atoms with Crippen molar-refractivity contribution >= 4 is 11.6 Å². The summed E-state index contributed by atoms with van der Waals surface area (Å²) in [6.45, 7) is 6.45. The van der Waals surface area contributed by atoms with Crippen LogP contribution in [-0.2, 0) is 18.9 Å². The van der Waals surface area contributed by atoms with Gasteiger partial charge in [0.15, 0.2) is 0 Å². The Hall–Kier alpha value is 0.130. The fraction of sp³-hybridized carbons (Fsp3) is 1.00. The third kappa shape index (κ3) is 5.10. The van der Waals surface area contributed by atoms with E-state index in [1.54, 1.807) is 7.11 Å². The molecule has 0 amide bonds. The lowest BCUT2D eigenvalue weighted by Crippen LogP contribution is -2.52. The van der Waals surface area contributed by atoms with Gasteiger partial charge in [-0.3, -0.25) is 0 Å². The van der Waals surface area contributed by atoms with E-state index in [4.69, 9.17) is 30.5 Å². The molecule has 0 aromatic carbocycles. The fourth-order valence-electron chi connectivity index (χ4n) is 1.76. The SMILES string of the molecule is CCOCC(C)OC1CC(Cl)C1OCCOC. The van der Waals surface area contributed by atoms with Gasteiger partial charge in [0.1, 0.15) is 6.10 Å². The van der Waals surface area contributed by atoms with E-state index in [0.29, 0.717) is 26.4 Å². The summed E-state index contributed by atoms with van der Waals surface area (Å²) >= 11 is 6.10. The lowest BCUT2D eigenvalue weighted by atomic mass is 9.90. The molecule has 5 heteroatoms. The Morgan fingerprint density at radius 1 is 1.35 bits per heavy atom. The summed E-state index contributed by atoms with van der Waals surface area (Å²) in [7, 11) is 1.65. The van der Waals surface area contributed by atoms with Crippen molar-refractivity contribution in [1.82, 2.24) is 0 Å². The average Bonchev–Trinajstić information content (AvgIpc) is 2.31. The molecule has 0 aromatic heterocycles. The highest BCUT2D eigenvalue weighted by Crippen LogP contribution is 2.32. The van der Waals surface area contributed by atoms with E-state index in [2.05, 4.69) is 0 Å². The summed E-state index contributed by atoms with van der Waals surface area (Å²) in [6, 6.07) is 0. The van der Waals surface area contributed by atoms with Gasteiger partial charge in [-0.1, -0.05) is 0 Å². The largest absolute Gasteiger partial charge is 0.382 e. The van der Waals surface area contributed by atoms with Crippen molar-refractivity contribution in [2.75, 3.05) is 33.5 Å². The molecule has 0 saturated heterocycles. The summed E-state index contributed by atoms with van der Waals surface area (Å²) in [5, 5.41) is 0.0520. The Morgan fingerprint density at radius 2 is 2.12 bits per heavy atom. The predicted molar refractivity (Wildman–Crippen MR) is 66.7 cm³/mol. The van der Waals surface area contributed by atoms with Crippen LogP contribution < -0.4 is 0 Å². The van der Waals surface area contributed by atoms with Crippen LogP contribution in [0.25, 0.3) is 0 Å². The molecule has 0 N–H and O–H groups in total. The van der Waals surface area contributed by atoms with Crippen molar-refractivity contribution in [3.63, 3.8) is 0 Å². The number of hydrogen-bond donors (Lipinski definition) is 0. The third-order valence-electron chi connectivity index (χ3n) is 2.74. The Kier molecular flexibility index (Phi) is 7.39. The Bertz CT molecular complexity index is 203. The summed E-state index contributed by atoms with van der Waals surface area (Å²) in [6.07, 6.45) is 0.994. The van der Waals surface area contributed by atoms with E-state index in [1.807, 2.05) is 13.8 Å². The molecule has 4 nitrogen and oxygen atoms in total. The van der Waals surface area contributed by atoms with Crippen LogP contribution in [-0.4, -0.2) is 57.2 Å². The average molecular weight is 267 g/mol. The molecule has 0 bridgehead atoms. The van der Waals surface area contributed by atoms with Gasteiger partial charge in [0, 0.05) is 13.7 Å². The van der Waals surface area contributed by atoms with Crippen LogP contribution in [0.15, 0.2) is 0 Å². The molecule has 1 fully saturated rings. The Labute approximate surface area is 109 Å². The highest BCUT2D eigenvalue weighted by atomic mass is 35.5.